The van der Waals surface area contributed by atoms with E-state index in [4.69, 9.17) is 14.2 Å². The van der Waals surface area contributed by atoms with Gasteiger partial charge in [-0.2, -0.15) is 13.2 Å². The van der Waals surface area contributed by atoms with Gasteiger partial charge in [0.15, 0.2) is 23.0 Å². The van der Waals surface area contributed by atoms with Gasteiger partial charge in [-0.25, -0.2) is 19.7 Å². The third-order valence-electron chi connectivity index (χ3n) is 6.40. The SMILES string of the molecule is CCN(CC)CCOc1ccc2nc(Nc3nc(C)c4cc(OC)c(OC)cc4n3)[nH]c(=O)c2c1OC(=O)C(F)(F)F. The van der Waals surface area contributed by atoms with E-state index in [1.807, 2.05) is 18.7 Å². The average molecular weight is 591 g/mol. The summed E-state index contributed by atoms with van der Waals surface area (Å²) in [5, 5.41) is 3.11. The van der Waals surface area contributed by atoms with E-state index in [0.29, 0.717) is 34.6 Å². The normalized spacial score (nSPS) is 11.6. The zero-order chi connectivity index (χ0) is 30.6. The highest BCUT2D eigenvalue weighted by molar-refractivity contribution is 5.91. The van der Waals surface area contributed by atoms with Gasteiger partial charge in [-0.3, -0.25) is 15.1 Å². The van der Waals surface area contributed by atoms with Gasteiger partial charge in [0.1, 0.15) is 12.0 Å². The predicted molar refractivity (Wildman–Crippen MR) is 148 cm³/mol. The van der Waals surface area contributed by atoms with E-state index in [-0.39, 0.29) is 29.8 Å². The smallest absolute Gasteiger partial charge is 0.491 e. The number of fused-ring (bicyclic) bond motifs is 2. The van der Waals surface area contributed by atoms with Gasteiger partial charge < -0.3 is 23.8 Å². The van der Waals surface area contributed by atoms with Crippen molar-refractivity contribution in [1.29, 1.82) is 0 Å². The van der Waals surface area contributed by atoms with Crippen molar-refractivity contribution in [2.24, 2.45) is 0 Å². The molecular weight excluding hydrogens is 561 g/mol. The first-order chi connectivity index (χ1) is 20.0. The number of ether oxygens (including phenoxy) is 4. The number of hydrogen-bond acceptors (Lipinski definition) is 11. The number of rotatable bonds is 11. The number of aromatic amines is 1. The maximum atomic E-state index is 13.2. The highest BCUT2D eigenvalue weighted by Crippen LogP contribution is 2.36. The zero-order valence-corrected chi connectivity index (χ0v) is 23.5. The first kappa shape index (κ1) is 30.3. The molecule has 0 bridgehead atoms. The molecule has 2 heterocycles. The van der Waals surface area contributed by atoms with Gasteiger partial charge in [-0.05, 0) is 38.2 Å². The predicted octanol–water partition coefficient (Wildman–Crippen LogP) is 4.12. The number of likely N-dealkylation sites (N-methyl/N-ethyl adjacent to an activating group) is 1. The van der Waals surface area contributed by atoms with Crippen molar-refractivity contribution < 1.29 is 36.9 Å². The van der Waals surface area contributed by atoms with Crippen LogP contribution < -0.4 is 29.8 Å². The van der Waals surface area contributed by atoms with E-state index in [2.05, 4.69) is 30.0 Å². The summed E-state index contributed by atoms with van der Waals surface area (Å²) in [6, 6.07) is 6.05. The molecule has 0 aliphatic heterocycles. The molecule has 0 amide bonds. The van der Waals surface area contributed by atoms with Crippen molar-refractivity contribution in [3.8, 4) is 23.0 Å². The second kappa shape index (κ2) is 12.5. The number of benzene rings is 2. The van der Waals surface area contributed by atoms with Crippen LogP contribution in [0, 0.1) is 6.92 Å². The van der Waals surface area contributed by atoms with E-state index >= 15 is 0 Å². The number of alkyl halides is 3. The quantitative estimate of drug-likeness (QED) is 0.192. The number of anilines is 2. The van der Waals surface area contributed by atoms with Crippen molar-refractivity contribution >= 4 is 39.7 Å². The molecule has 2 aromatic carbocycles. The molecule has 0 aliphatic rings. The molecule has 0 spiro atoms. The number of halogens is 3. The molecule has 0 atom stereocenters. The number of hydrogen-bond donors (Lipinski definition) is 2. The van der Waals surface area contributed by atoms with Crippen LogP contribution in [-0.2, 0) is 4.79 Å². The standard InChI is InChI=1S/C27H29F3N6O6/c1-6-36(7-2)10-11-41-18-9-8-16-21(22(18)42-24(38)27(28,29)30)23(37)34-26(32-16)35-25-31-14(3)15-12-19(39-4)20(40-5)13-17(15)33-25/h8-9,12-13H,6-7,10-11H2,1-5H3,(H2,31,32,33,34,35,37). The summed E-state index contributed by atoms with van der Waals surface area (Å²) in [4.78, 5) is 42.5. The van der Waals surface area contributed by atoms with Crippen LogP contribution in [0.15, 0.2) is 29.1 Å². The minimum atomic E-state index is -5.31. The Morgan fingerprint density at radius 3 is 2.33 bits per heavy atom. The summed E-state index contributed by atoms with van der Waals surface area (Å²) >= 11 is 0. The van der Waals surface area contributed by atoms with E-state index < -0.39 is 28.8 Å². The van der Waals surface area contributed by atoms with E-state index in [9.17, 15) is 22.8 Å². The minimum Gasteiger partial charge on any atom is -0.493 e. The number of carbonyl (C=O) groups excluding carboxylic acids is 1. The number of esters is 1. The van der Waals surface area contributed by atoms with Crippen molar-refractivity contribution in [2.75, 3.05) is 45.8 Å². The summed E-state index contributed by atoms with van der Waals surface area (Å²) in [7, 11) is 3.00. The molecule has 0 saturated heterocycles. The highest BCUT2D eigenvalue weighted by atomic mass is 19.4. The van der Waals surface area contributed by atoms with Gasteiger partial charge in [0, 0.05) is 18.0 Å². The van der Waals surface area contributed by atoms with Gasteiger partial charge in [-0.15, -0.1) is 0 Å². The first-order valence-corrected chi connectivity index (χ1v) is 12.9. The zero-order valence-electron chi connectivity index (χ0n) is 23.5. The average Bonchev–Trinajstić information content (AvgIpc) is 2.94. The van der Waals surface area contributed by atoms with Gasteiger partial charge >= 0.3 is 12.1 Å². The second-order valence-electron chi connectivity index (χ2n) is 8.95. The third kappa shape index (κ3) is 6.46. The lowest BCUT2D eigenvalue weighted by Crippen LogP contribution is -2.29. The minimum absolute atomic E-state index is 0.0637. The number of nitrogens with zero attached hydrogens (tertiary/aromatic N) is 4. The molecule has 0 saturated carbocycles. The van der Waals surface area contributed by atoms with Crippen LogP contribution in [-0.4, -0.2) is 77.4 Å². The van der Waals surface area contributed by atoms with E-state index in [0.717, 1.165) is 13.1 Å². The molecule has 0 radical (unpaired) electrons. The number of nitrogens with one attached hydrogen (secondary N) is 2. The lowest BCUT2D eigenvalue weighted by Gasteiger charge is -2.19. The van der Waals surface area contributed by atoms with Gasteiger partial charge in [0.25, 0.3) is 5.56 Å². The summed E-state index contributed by atoms with van der Waals surface area (Å²) < 4.78 is 60.2. The van der Waals surface area contributed by atoms with Gasteiger partial charge in [-0.1, -0.05) is 13.8 Å². The first-order valence-electron chi connectivity index (χ1n) is 12.9. The third-order valence-corrected chi connectivity index (χ3v) is 6.40. The second-order valence-corrected chi connectivity index (χ2v) is 8.95. The Hall–Kier alpha value is -4.66. The Morgan fingerprint density at radius 2 is 1.69 bits per heavy atom. The lowest BCUT2D eigenvalue weighted by molar-refractivity contribution is -0.189. The van der Waals surface area contributed by atoms with Gasteiger partial charge in [0.2, 0.25) is 11.9 Å². The summed E-state index contributed by atoms with van der Waals surface area (Å²) in [5.41, 5.74) is 0.148. The maximum Gasteiger partial charge on any atom is 0.491 e. The van der Waals surface area contributed by atoms with Crippen LogP contribution in [0.1, 0.15) is 19.5 Å². The number of methoxy groups -OCH3 is 2. The Labute approximate surface area is 237 Å². The number of aryl methyl sites for hydroxylation is 1. The summed E-state index contributed by atoms with van der Waals surface area (Å²) in [6.45, 7) is 7.64. The van der Waals surface area contributed by atoms with Crippen LogP contribution in [0.25, 0.3) is 21.8 Å². The molecule has 0 fully saturated rings. The fourth-order valence-electron chi connectivity index (χ4n) is 4.20. The number of carbonyl (C=O) groups is 1. The molecule has 0 aliphatic carbocycles. The molecular formula is C27H29F3N6O6. The van der Waals surface area contributed by atoms with Crippen molar-refractivity contribution in [3.63, 3.8) is 0 Å². The molecule has 0 unspecified atom stereocenters. The van der Waals surface area contributed by atoms with Crippen LogP contribution in [0.2, 0.25) is 0 Å². The fourth-order valence-corrected chi connectivity index (χ4v) is 4.20. The van der Waals surface area contributed by atoms with Crippen LogP contribution in [0.5, 0.6) is 23.0 Å². The summed E-state index contributed by atoms with van der Waals surface area (Å²) in [5.74, 6) is -2.48. The summed E-state index contributed by atoms with van der Waals surface area (Å²) in [6.07, 6.45) is -5.31. The number of H-pyrrole nitrogens is 1. The Kier molecular flexibility index (Phi) is 8.99. The molecule has 4 aromatic rings. The Bertz CT molecular complexity index is 1670. The molecule has 42 heavy (non-hydrogen) atoms. The van der Waals surface area contributed by atoms with E-state index in [1.165, 1.54) is 26.4 Å². The molecule has 224 valence electrons. The lowest BCUT2D eigenvalue weighted by atomic mass is 10.1. The molecule has 12 nitrogen and oxygen atoms in total. The topological polar surface area (TPSA) is 141 Å². The van der Waals surface area contributed by atoms with Crippen molar-refractivity contribution in [2.45, 2.75) is 26.9 Å². The van der Waals surface area contributed by atoms with Crippen LogP contribution >= 0.6 is 0 Å². The van der Waals surface area contributed by atoms with Crippen LogP contribution in [0.4, 0.5) is 25.1 Å². The van der Waals surface area contributed by atoms with Gasteiger partial charge in [0.05, 0.1) is 30.9 Å². The van der Waals surface area contributed by atoms with Crippen molar-refractivity contribution in [3.05, 3.63) is 40.3 Å². The molecule has 2 N–H and O–H groups in total. The Balaban J connectivity index is 1.73. The number of aromatic nitrogens is 4. The fraction of sp³-hybridized carbons (Fsp3) is 0.370. The van der Waals surface area contributed by atoms with Crippen LogP contribution in [0.3, 0.4) is 0 Å². The Morgan fingerprint density at radius 1 is 1.00 bits per heavy atom. The molecule has 4 rings (SSSR count). The molecule has 15 heteroatoms. The monoisotopic (exact) mass is 590 g/mol. The molecule has 2 aromatic heterocycles. The van der Waals surface area contributed by atoms with E-state index in [1.54, 1.807) is 19.1 Å². The maximum absolute atomic E-state index is 13.2. The van der Waals surface area contributed by atoms with Crippen molar-refractivity contribution in [1.82, 2.24) is 24.8 Å². The highest BCUT2D eigenvalue weighted by Gasteiger charge is 2.42. The largest absolute Gasteiger partial charge is 0.493 e.